The second kappa shape index (κ2) is 2.50. The number of nitrogens with one attached hydrogen (secondary N) is 1. The zero-order valence-corrected chi connectivity index (χ0v) is 6.97. The van der Waals surface area contributed by atoms with Crippen LogP contribution in [0.1, 0.15) is 25.7 Å². The lowest BCUT2D eigenvalue weighted by molar-refractivity contribution is -0.122. The maximum atomic E-state index is 11.1. The molecule has 0 spiro atoms. The minimum absolute atomic E-state index is 0.266. The third-order valence-electron chi connectivity index (χ3n) is 3.18. The zero-order valence-electron chi connectivity index (χ0n) is 6.97. The van der Waals surface area contributed by atoms with Gasteiger partial charge in [-0.1, -0.05) is 19.3 Å². The fraction of sp³-hybridized carbons (Fsp3) is 0.889. The van der Waals surface area contributed by atoms with Crippen LogP contribution in [-0.2, 0) is 4.79 Å². The van der Waals surface area contributed by atoms with Crippen molar-refractivity contribution in [3.8, 4) is 0 Å². The van der Waals surface area contributed by atoms with E-state index in [1.807, 2.05) is 0 Å². The first-order valence-electron chi connectivity index (χ1n) is 4.54. The van der Waals surface area contributed by atoms with Crippen molar-refractivity contribution in [1.29, 1.82) is 0 Å². The molecule has 0 radical (unpaired) electrons. The summed E-state index contributed by atoms with van der Waals surface area (Å²) in [6.45, 7) is 0. The van der Waals surface area contributed by atoms with Crippen molar-refractivity contribution >= 4 is 5.91 Å². The maximum absolute atomic E-state index is 11.1. The van der Waals surface area contributed by atoms with E-state index < -0.39 is 0 Å². The molecule has 0 heterocycles. The molecule has 2 saturated carbocycles. The van der Waals surface area contributed by atoms with Gasteiger partial charge >= 0.3 is 0 Å². The number of hydrogen-bond donors (Lipinski definition) is 1. The molecule has 0 aromatic rings. The summed E-state index contributed by atoms with van der Waals surface area (Å²) in [5.74, 6) is 2.30. The Labute approximate surface area is 67.4 Å². The third kappa shape index (κ3) is 1.15. The molecule has 0 bridgehead atoms. The van der Waals surface area contributed by atoms with Crippen molar-refractivity contribution in [3.05, 3.63) is 0 Å². The van der Waals surface area contributed by atoms with Crippen LogP contribution in [0.15, 0.2) is 0 Å². The van der Waals surface area contributed by atoms with E-state index >= 15 is 0 Å². The Morgan fingerprint density at radius 1 is 1.45 bits per heavy atom. The van der Waals surface area contributed by atoms with E-state index in [2.05, 4.69) is 5.32 Å². The fourth-order valence-corrected chi connectivity index (χ4v) is 2.09. The van der Waals surface area contributed by atoms with Crippen molar-refractivity contribution in [3.63, 3.8) is 0 Å². The van der Waals surface area contributed by atoms with Gasteiger partial charge in [0.05, 0.1) is 0 Å². The highest BCUT2D eigenvalue weighted by atomic mass is 16.1. The highest BCUT2D eigenvalue weighted by Crippen LogP contribution is 2.51. The van der Waals surface area contributed by atoms with Gasteiger partial charge in [0, 0.05) is 13.0 Å². The monoisotopic (exact) mass is 153 g/mol. The first-order valence-corrected chi connectivity index (χ1v) is 4.54. The lowest BCUT2D eigenvalue weighted by Gasteiger charge is -2.25. The maximum Gasteiger partial charge on any atom is 0.223 e. The van der Waals surface area contributed by atoms with E-state index in [9.17, 15) is 4.79 Å². The Morgan fingerprint density at radius 3 is 2.64 bits per heavy atom. The van der Waals surface area contributed by atoms with Gasteiger partial charge in [0.25, 0.3) is 0 Å². The van der Waals surface area contributed by atoms with Crippen LogP contribution in [0.25, 0.3) is 0 Å². The summed E-state index contributed by atoms with van der Waals surface area (Å²) in [5.41, 5.74) is 0. The molecule has 62 valence electrons. The van der Waals surface area contributed by atoms with Gasteiger partial charge in [0.1, 0.15) is 0 Å². The molecule has 2 fully saturated rings. The number of carbonyl (C=O) groups is 1. The zero-order chi connectivity index (χ0) is 7.84. The fourth-order valence-electron chi connectivity index (χ4n) is 2.09. The Bertz CT molecular complexity index is 174. The van der Waals surface area contributed by atoms with Crippen LogP contribution in [-0.4, -0.2) is 13.0 Å². The Morgan fingerprint density at radius 2 is 2.18 bits per heavy atom. The molecular weight excluding hydrogens is 138 g/mol. The quantitative estimate of drug-likeness (QED) is 0.634. The van der Waals surface area contributed by atoms with E-state index in [-0.39, 0.29) is 5.91 Å². The highest BCUT2D eigenvalue weighted by Gasteiger charge is 2.48. The third-order valence-corrected chi connectivity index (χ3v) is 3.18. The van der Waals surface area contributed by atoms with E-state index in [0.717, 1.165) is 18.3 Å². The Balaban J connectivity index is 1.80. The molecule has 2 unspecified atom stereocenters. The number of rotatable bonds is 2. The molecule has 2 heteroatoms. The summed E-state index contributed by atoms with van der Waals surface area (Å²) < 4.78 is 0. The number of carbonyl (C=O) groups excluding carboxylic acids is 1. The van der Waals surface area contributed by atoms with E-state index in [1.165, 1.54) is 19.3 Å². The number of amides is 1. The Kier molecular flexibility index (Phi) is 1.63. The van der Waals surface area contributed by atoms with Crippen LogP contribution in [0.3, 0.4) is 0 Å². The Hall–Kier alpha value is -0.530. The van der Waals surface area contributed by atoms with Crippen LogP contribution in [0, 0.1) is 17.8 Å². The van der Waals surface area contributed by atoms with Gasteiger partial charge in [0.15, 0.2) is 0 Å². The summed E-state index contributed by atoms with van der Waals surface area (Å²) in [6, 6.07) is 0. The highest BCUT2D eigenvalue weighted by molar-refractivity contribution is 5.81. The standard InChI is InChI=1S/C9H15NO/c1-10-9(11)8-5-7(8)6-3-2-4-6/h6-8H,2-5H2,1H3,(H,10,11). The minimum Gasteiger partial charge on any atom is -0.359 e. The first-order chi connectivity index (χ1) is 5.33. The lowest BCUT2D eigenvalue weighted by atomic mass is 9.81. The van der Waals surface area contributed by atoms with E-state index in [0.29, 0.717) is 5.92 Å². The molecular formula is C9H15NO. The molecule has 2 nitrogen and oxygen atoms in total. The second-order valence-electron chi connectivity index (χ2n) is 3.81. The number of hydrogen-bond acceptors (Lipinski definition) is 1. The van der Waals surface area contributed by atoms with Crippen molar-refractivity contribution in [2.75, 3.05) is 7.05 Å². The van der Waals surface area contributed by atoms with Gasteiger partial charge in [-0.05, 0) is 18.3 Å². The van der Waals surface area contributed by atoms with Gasteiger partial charge in [0.2, 0.25) is 5.91 Å². The first kappa shape index (κ1) is 7.14. The second-order valence-corrected chi connectivity index (χ2v) is 3.81. The average molecular weight is 153 g/mol. The summed E-state index contributed by atoms with van der Waals surface area (Å²) in [7, 11) is 1.73. The molecule has 0 saturated heterocycles. The summed E-state index contributed by atoms with van der Waals surface area (Å²) >= 11 is 0. The van der Waals surface area contributed by atoms with Crippen molar-refractivity contribution in [2.45, 2.75) is 25.7 Å². The van der Waals surface area contributed by atoms with Crippen molar-refractivity contribution in [2.24, 2.45) is 17.8 Å². The minimum atomic E-state index is 0.266. The van der Waals surface area contributed by atoms with E-state index in [1.54, 1.807) is 7.05 Å². The van der Waals surface area contributed by atoms with E-state index in [4.69, 9.17) is 0 Å². The smallest absolute Gasteiger partial charge is 0.223 e. The van der Waals surface area contributed by atoms with Crippen molar-refractivity contribution in [1.82, 2.24) is 5.32 Å². The van der Waals surface area contributed by atoms with Crippen LogP contribution < -0.4 is 5.32 Å². The van der Waals surface area contributed by atoms with Gasteiger partial charge in [-0.2, -0.15) is 0 Å². The molecule has 1 N–H and O–H groups in total. The van der Waals surface area contributed by atoms with Crippen molar-refractivity contribution < 1.29 is 4.79 Å². The molecule has 0 aliphatic heterocycles. The van der Waals surface area contributed by atoms with Gasteiger partial charge in [-0.3, -0.25) is 4.79 Å². The average Bonchev–Trinajstić information content (AvgIpc) is 2.63. The molecule has 2 aliphatic rings. The van der Waals surface area contributed by atoms with Crippen LogP contribution in [0.5, 0.6) is 0 Å². The van der Waals surface area contributed by atoms with Gasteiger partial charge in [-0.15, -0.1) is 0 Å². The molecule has 2 aliphatic carbocycles. The molecule has 2 rings (SSSR count). The normalized spacial score (nSPS) is 36.1. The lowest BCUT2D eigenvalue weighted by Crippen LogP contribution is -2.23. The predicted octanol–water partition coefficient (Wildman–Crippen LogP) is 1.17. The van der Waals surface area contributed by atoms with Crippen LogP contribution in [0.2, 0.25) is 0 Å². The summed E-state index contributed by atoms with van der Waals surface area (Å²) in [6.07, 6.45) is 5.29. The predicted molar refractivity (Wildman–Crippen MR) is 43.0 cm³/mol. The molecule has 2 atom stereocenters. The summed E-state index contributed by atoms with van der Waals surface area (Å²) in [4.78, 5) is 11.1. The SMILES string of the molecule is CNC(=O)C1CC1C1CCC1. The molecule has 11 heavy (non-hydrogen) atoms. The molecule has 0 aromatic carbocycles. The van der Waals surface area contributed by atoms with Crippen LogP contribution in [0.4, 0.5) is 0 Å². The largest absolute Gasteiger partial charge is 0.359 e. The van der Waals surface area contributed by atoms with Crippen LogP contribution >= 0.6 is 0 Å². The topological polar surface area (TPSA) is 29.1 Å². The summed E-state index contributed by atoms with van der Waals surface area (Å²) in [5, 5.41) is 2.72. The molecule has 1 amide bonds. The molecule has 0 aromatic heterocycles. The van der Waals surface area contributed by atoms with Gasteiger partial charge < -0.3 is 5.32 Å². The van der Waals surface area contributed by atoms with Gasteiger partial charge in [-0.25, -0.2) is 0 Å².